The van der Waals surface area contributed by atoms with Crippen molar-refractivity contribution in [2.75, 3.05) is 10.6 Å². The van der Waals surface area contributed by atoms with Gasteiger partial charge < -0.3 is 15.7 Å². The van der Waals surface area contributed by atoms with Crippen molar-refractivity contribution >= 4 is 28.1 Å². The maximum Gasteiger partial charge on any atom is 0.229 e. The summed E-state index contributed by atoms with van der Waals surface area (Å²) in [5.41, 5.74) is 1.81. The van der Waals surface area contributed by atoms with Crippen LogP contribution in [0, 0.1) is 6.92 Å². The van der Waals surface area contributed by atoms with Crippen LogP contribution in [0.4, 0.5) is 10.8 Å². The first-order chi connectivity index (χ1) is 11.6. The van der Waals surface area contributed by atoms with E-state index in [9.17, 15) is 9.90 Å². The number of thiazole rings is 1. The molecule has 2 aromatic rings. The highest BCUT2D eigenvalue weighted by Crippen LogP contribution is 2.31. The van der Waals surface area contributed by atoms with Crippen LogP contribution in [0.2, 0.25) is 0 Å². The van der Waals surface area contributed by atoms with E-state index in [-0.39, 0.29) is 18.2 Å². The van der Waals surface area contributed by atoms with Crippen LogP contribution < -0.4 is 10.6 Å². The molecule has 1 heterocycles. The lowest BCUT2D eigenvalue weighted by Gasteiger charge is -2.22. The lowest BCUT2D eigenvalue weighted by Crippen LogP contribution is -2.21. The zero-order valence-corrected chi connectivity index (χ0v) is 14.7. The summed E-state index contributed by atoms with van der Waals surface area (Å²) in [5.74, 6) is -0.189. The predicted molar refractivity (Wildman–Crippen MR) is 97.8 cm³/mol. The fourth-order valence-electron chi connectivity index (χ4n) is 3.00. The van der Waals surface area contributed by atoms with Crippen molar-refractivity contribution in [3.8, 4) is 5.88 Å². The number of carbonyl (C=O) groups is 1. The quantitative estimate of drug-likeness (QED) is 0.763. The topological polar surface area (TPSA) is 74.2 Å². The molecule has 1 fully saturated rings. The number of carbonyl (C=O) groups excluding carboxylic acids is 1. The van der Waals surface area contributed by atoms with E-state index in [4.69, 9.17) is 0 Å². The van der Waals surface area contributed by atoms with Crippen LogP contribution in [0.25, 0.3) is 0 Å². The first-order valence-corrected chi connectivity index (χ1v) is 9.24. The van der Waals surface area contributed by atoms with Gasteiger partial charge in [0.05, 0.1) is 11.3 Å². The Hall–Kier alpha value is -2.08. The fraction of sp³-hybridized carbons (Fsp3) is 0.444. The number of para-hydroxylation sites is 1. The Morgan fingerprint density at radius 3 is 2.79 bits per heavy atom. The molecule has 0 spiro atoms. The van der Waals surface area contributed by atoms with E-state index in [1.54, 1.807) is 0 Å². The van der Waals surface area contributed by atoms with E-state index in [0.717, 1.165) is 24.1 Å². The van der Waals surface area contributed by atoms with Crippen LogP contribution in [-0.4, -0.2) is 22.0 Å². The van der Waals surface area contributed by atoms with Gasteiger partial charge in [-0.05, 0) is 31.4 Å². The molecule has 0 aliphatic heterocycles. The van der Waals surface area contributed by atoms with Gasteiger partial charge in [-0.3, -0.25) is 4.79 Å². The van der Waals surface area contributed by atoms with Gasteiger partial charge >= 0.3 is 0 Å². The number of aromatic nitrogens is 1. The van der Waals surface area contributed by atoms with Crippen molar-refractivity contribution in [2.24, 2.45) is 0 Å². The van der Waals surface area contributed by atoms with E-state index in [0.29, 0.717) is 16.1 Å². The average Bonchev–Trinajstić information content (AvgIpc) is 2.90. The third-order valence-corrected chi connectivity index (χ3v) is 5.33. The zero-order valence-electron chi connectivity index (χ0n) is 13.8. The Balaban J connectivity index is 1.60. The van der Waals surface area contributed by atoms with Crippen LogP contribution in [-0.2, 0) is 11.2 Å². The molecular formula is C18H23N3O2S. The third-order valence-electron chi connectivity index (χ3n) is 4.35. The summed E-state index contributed by atoms with van der Waals surface area (Å²) in [6, 6.07) is 8.07. The Morgan fingerprint density at radius 1 is 1.29 bits per heavy atom. The van der Waals surface area contributed by atoms with Crippen molar-refractivity contribution in [3.63, 3.8) is 0 Å². The summed E-state index contributed by atoms with van der Waals surface area (Å²) in [6.45, 7) is 1.95. The van der Waals surface area contributed by atoms with Gasteiger partial charge in [0, 0.05) is 11.7 Å². The Labute approximate surface area is 146 Å². The Morgan fingerprint density at radius 2 is 2.04 bits per heavy atom. The molecule has 24 heavy (non-hydrogen) atoms. The molecule has 0 bridgehead atoms. The summed E-state index contributed by atoms with van der Waals surface area (Å²) >= 11 is 1.36. The summed E-state index contributed by atoms with van der Waals surface area (Å²) < 4.78 is 0. The van der Waals surface area contributed by atoms with Gasteiger partial charge in [0.1, 0.15) is 0 Å². The first kappa shape index (κ1) is 16.8. The minimum atomic E-state index is -0.146. The van der Waals surface area contributed by atoms with E-state index in [1.165, 1.54) is 30.6 Å². The number of aromatic hydroxyl groups is 1. The highest BCUT2D eigenvalue weighted by Gasteiger charge is 2.18. The summed E-state index contributed by atoms with van der Waals surface area (Å²) in [4.78, 5) is 17.0. The molecule has 1 aromatic carbocycles. The standard InChI is InChI=1S/C18H23N3O2S/c1-12-7-5-6-10-14(12)20-16(22)11-15-17(23)21-18(24-15)19-13-8-3-2-4-9-13/h5-7,10,13,23H,2-4,8-9,11H2,1H3,(H,19,21)(H,20,22). The minimum Gasteiger partial charge on any atom is -0.492 e. The molecule has 3 N–H and O–H groups in total. The number of amides is 1. The minimum absolute atomic E-state index is 0.0433. The second-order valence-corrected chi connectivity index (χ2v) is 7.37. The summed E-state index contributed by atoms with van der Waals surface area (Å²) in [7, 11) is 0. The second kappa shape index (κ2) is 7.66. The molecule has 0 unspecified atom stereocenters. The van der Waals surface area contributed by atoms with Crippen LogP contribution in [0.15, 0.2) is 24.3 Å². The van der Waals surface area contributed by atoms with Crippen LogP contribution in [0.5, 0.6) is 5.88 Å². The number of rotatable bonds is 5. The Kier molecular flexibility index (Phi) is 5.35. The third kappa shape index (κ3) is 4.26. The zero-order chi connectivity index (χ0) is 16.9. The summed E-state index contributed by atoms with van der Waals surface area (Å²) in [6.07, 6.45) is 6.18. The van der Waals surface area contributed by atoms with Gasteiger partial charge in [-0.2, -0.15) is 4.98 Å². The van der Waals surface area contributed by atoms with Crippen molar-refractivity contribution in [2.45, 2.75) is 51.5 Å². The molecule has 6 heteroatoms. The number of hydrogen-bond donors (Lipinski definition) is 3. The molecule has 0 radical (unpaired) electrons. The van der Waals surface area contributed by atoms with E-state index < -0.39 is 0 Å². The van der Waals surface area contributed by atoms with Gasteiger partial charge in [0.2, 0.25) is 11.8 Å². The van der Waals surface area contributed by atoms with Gasteiger partial charge in [-0.15, -0.1) is 0 Å². The molecule has 3 rings (SSSR count). The molecule has 128 valence electrons. The second-order valence-electron chi connectivity index (χ2n) is 6.28. The molecule has 0 atom stereocenters. The molecular weight excluding hydrogens is 322 g/mol. The number of nitrogens with zero attached hydrogens (tertiary/aromatic N) is 1. The van der Waals surface area contributed by atoms with Crippen LogP contribution >= 0.6 is 11.3 Å². The van der Waals surface area contributed by atoms with Crippen LogP contribution in [0.3, 0.4) is 0 Å². The molecule has 1 saturated carbocycles. The smallest absolute Gasteiger partial charge is 0.229 e. The van der Waals surface area contributed by atoms with E-state index >= 15 is 0 Å². The Bertz CT molecular complexity index is 708. The monoisotopic (exact) mass is 345 g/mol. The average molecular weight is 345 g/mol. The fourth-order valence-corrected chi connectivity index (χ4v) is 3.93. The summed E-state index contributed by atoms with van der Waals surface area (Å²) in [5, 5.41) is 17.0. The number of benzene rings is 1. The van der Waals surface area contributed by atoms with Crippen LogP contribution in [0.1, 0.15) is 42.5 Å². The number of nitrogens with one attached hydrogen (secondary N) is 2. The lowest BCUT2D eigenvalue weighted by atomic mass is 9.96. The van der Waals surface area contributed by atoms with E-state index in [2.05, 4.69) is 15.6 Å². The number of aryl methyl sites for hydroxylation is 1. The number of hydrogen-bond acceptors (Lipinski definition) is 5. The maximum absolute atomic E-state index is 12.2. The largest absolute Gasteiger partial charge is 0.492 e. The van der Waals surface area contributed by atoms with Gasteiger partial charge in [0.25, 0.3) is 0 Å². The van der Waals surface area contributed by atoms with Crippen molar-refractivity contribution in [3.05, 3.63) is 34.7 Å². The number of anilines is 2. The molecule has 1 aliphatic rings. The normalized spacial score (nSPS) is 15.2. The first-order valence-electron chi connectivity index (χ1n) is 8.42. The van der Waals surface area contributed by atoms with Gasteiger partial charge in [-0.25, -0.2) is 0 Å². The SMILES string of the molecule is Cc1ccccc1NC(=O)Cc1sc(NC2CCCCC2)nc1O. The highest BCUT2D eigenvalue weighted by atomic mass is 32.1. The molecule has 0 saturated heterocycles. The highest BCUT2D eigenvalue weighted by molar-refractivity contribution is 7.16. The molecule has 1 amide bonds. The molecule has 1 aromatic heterocycles. The van der Waals surface area contributed by atoms with Gasteiger partial charge in [0.15, 0.2) is 5.13 Å². The van der Waals surface area contributed by atoms with Crippen molar-refractivity contribution in [1.82, 2.24) is 4.98 Å². The van der Waals surface area contributed by atoms with E-state index in [1.807, 2.05) is 31.2 Å². The molecule has 1 aliphatic carbocycles. The van der Waals surface area contributed by atoms with Crippen molar-refractivity contribution in [1.29, 1.82) is 0 Å². The maximum atomic E-state index is 12.2. The molecule has 5 nitrogen and oxygen atoms in total. The van der Waals surface area contributed by atoms with Crippen molar-refractivity contribution < 1.29 is 9.90 Å². The predicted octanol–water partition coefficient (Wildman–Crippen LogP) is 4.08. The van der Waals surface area contributed by atoms with Gasteiger partial charge in [-0.1, -0.05) is 48.8 Å². The lowest BCUT2D eigenvalue weighted by molar-refractivity contribution is -0.115.